The summed E-state index contributed by atoms with van der Waals surface area (Å²) >= 11 is 0. The molecule has 0 amide bonds. The van der Waals surface area contributed by atoms with E-state index in [1.165, 1.54) is 6.20 Å². The zero-order valence-corrected chi connectivity index (χ0v) is 11.3. The minimum absolute atomic E-state index is 0.00495. The van der Waals surface area contributed by atoms with Crippen molar-refractivity contribution in [1.29, 1.82) is 0 Å². The standard InChI is InChI=1S/C13H18N2O4/c1-8-4-9(13(16)17)5-14-12(8)15-6-10(18-2)11(7-15)19-3/h4-5,10-11H,6-7H2,1-3H3,(H,16,17). The highest BCUT2D eigenvalue weighted by atomic mass is 16.5. The highest BCUT2D eigenvalue weighted by molar-refractivity contribution is 5.87. The van der Waals surface area contributed by atoms with Gasteiger partial charge in [0, 0.05) is 33.5 Å². The first-order chi connectivity index (χ1) is 9.06. The van der Waals surface area contributed by atoms with Crippen LogP contribution in [-0.4, -0.2) is 55.6 Å². The number of pyridine rings is 1. The van der Waals surface area contributed by atoms with E-state index in [1.807, 2.05) is 6.92 Å². The predicted molar refractivity (Wildman–Crippen MR) is 69.7 cm³/mol. The molecular weight excluding hydrogens is 248 g/mol. The molecule has 1 fully saturated rings. The van der Waals surface area contributed by atoms with Crippen molar-refractivity contribution in [3.05, 3.63) is 23.4 Å². The summed E-state index contributed by atoms with van der Waals surface area (Å²) in [5, 5.41) is 8.93. The van der Waals surface area contributed by atoms with Crippen molar-refractivity contribution in [2.45, 2.75) is 19.1 Å². The molecule has 1 saturated heterocycles. The summed E-state index contributed by atoms with van der Waals surface area (Å²) in [7, 11) is 3.32. The van der Waals surface area contributed by atoms with Gasteiger partial charge in [0.1, 0.15) is 18.0 Å². The van der Waals surface area contributed by atoms with Crippen LogP contribution in [0.3, 0.4) is 0 Å². The number of ether oxygens (including phenoxy) is 2. The van der Waals surface area contributed by atoms with Crippen LogP contribution in [0, 0.1) is 6.92 Å². The first kappa shape index (κ1) is 13.8. The Balaban J connectivity index is 2.21. The van der Waals surface area contributed by atoms with Crippen LogP contribution in [0.5, 0.6) is 0 Å². The van der Waals surface area contributed by atoms with Gasteiger partial charge in [0.25, 0.3) is 0 Å². The molecule has 0 saturated carbocycles. The van der Waals surface area contributed by atoms with E-state index >= 15 is 0 Å². The van der Waals surface area contributed by atoms with E-state index < -0.39 is 5.97 Å². The van der Waals surface area contributed by atoms with Crippen molar-refractivity contribution < 1.29 is 19.4 Å². The second kappa shape index (κ2) is 5.54. The lowest BCUT2D eigenvalue weighted by molar-refractivity contribution is -0.00461. The molecule has 0 radical (unpaired) electrons. The minimum atomic E-state index is -0.965. The highest BCUT2D eigenvalue weighted by Gasteiger charge is 2.34. The number of anilines is 1. The summed E-state index contributed by atoms with van der Waals surface area (Å²) in [4.78, 5) is 17.2. The molecule has 1 N–H and O–H groups in total. The fraction of sp³-hybridized carbons (Fsp3) is 0.538. The van der Waals surface area contributed by atoms with Gasteiger partial charge < -0.3 is 19.5 Å². The molecule has 2 rings (SSSR count). The Bertz CT molecular complexity index is 466. The molecule has 1 aliphatic heterocycles. The van der Waals surface area contributed by atoms with Gasteiger partial charge in [-0.05, 0) is 18.6 Å². The zero-order valence-electron chi connectivity index (χ0n) is 11.3. The molecule has 2 unspecified atom stereocenters. The Morgan fingerprint density at radius 2 is 1.95 bits per heavy atom. The van der Waals surface area contributed by atoms with Crippen LogP contribution in [0.15, 0.2) is 12.3 Å². The lowest BCUT2D eigenvalue weighted by Crippen LogP contribution is -2.27. The maximum Gasteiger partial charge on any atom is 0.337 e. The number of carboxylic acids is 1. The summed E-state index contributed by atoms with van der Waals surface area (Å²) in [6, 6.07) is 1.63. The molecule has 1 aromatic heterocycles. The third-order valence-corrected chi connectivity index (χ3v) is 3.42. The topological polar surface area (TPSA) is 71.9 Å². The summed E-state index contributed by atoms with van der Waals surface area (Å²) < 4.78 is 10.8. The summed E-state index contributed by atoms with van der Waals surface area (Å²) in [6.45, 7) is 3.24. The van der Waals surface area contributed by atoms with Crippen molar-refractivity contribution >= 4 is 11.8 Å². The number of carbonyl (C=O) groups is 1. The number of nitrogens with zero attached hydrogens (tertiary/aromatic N) is 2. The van der Waals surface area contributed by atoms with Gasteiger partial charge in [-0.3, -0.25) is 0 Å². The van der Waals surface area contributed by atoms with Gasteiger partial charge in [0.05, 0.1) is 5.56 Å². The number of hydrogen-bond donors (Lipinski definition) is 1. The van der Waals surface area contributed by atoms with E-state index in [1.54, 1.807) is 20.3 Å². The molecule has 1 aliphatic rings. The fourth-order valence-electron chi connectivity index (χ4n) is 2.39. The Kier molecular flexibility index (Phi) is 4.01. The molecule has 6 nitrogen and oxygen atoms in total. The van der Waals surface area contributed by atoms with Crippen molar-refractivity contribution in [3.63, 3.8) is 0 Å². The quantitative estimate of drug-likeness (QED) is 0.874. The van der Waals surface area contributed by atoms with E-state index in [-0.39, 0.29) is 17.8 Å². The monoisotopic (exact) mass is 266 g/mol. The number of rotatable bonds is 4. The van der Waals surface area contributed by atoms with Gasteiger partial charge in [-0.1, -0.05) is 0 Å². The van der Waals surface area contributed by atoms with Crippen LogP contribution in [0.1, 0.15) is 15.9 Å². The maximum absolute atomic E-state index is 10.9. The maximum atomic E-state index is 10.9. The SMILES string of the molecule is COC1CN(c2ncc(C(=O)O)cc2C)CC1OC. The number of aromatic carboxylic acids is 1. The fourth-order valence-corrected chi connectivity index (χ4v) is 2.39. The van der Waals surface area contributed by atoms with Crippen molar-refractivity contribution in [2.24, 2.45) is 0 Å². The average Bonchev–Trinajstić information content (AvgIpc) is 2.81. The van der Waals surface area contributed by atoms with Crippen LogP contribution < -0.4 is 4.90 Å². The van der Waals surface area contributed by atoms with Gasteiger partial charge in [-0.2, -0.15) is 0 Å². The molecule has 2 heterocycles. The Hall–Kier alpha value is -1.66. The van der Waals surface area contributed by atoms with Crippen LogP contribution in [-0.2, 0) is 9.47 Å². The van der Waals surface area contributed by atoms with E-state index in [2.05, 4.69) is 9.88 Å². The number of methoxy groups -OCH3 is 2. The average molecular weight is 266 g/mol. The molecule has 0 aromatic carbocycles. The van der Waals surface area contributed by atoms with Gasteiger partial charge in [0.15, 0.2) is 0 Å². The predicted octanol–water partition coefficient (Wildman–Crippen LogP) is 0.938. The van der Waals surface area contributed by atoms with Crippen molar-refractivity contribution in [3.8, 4) is 0 Å². The van der Waals surface area contributed by atoms with Crippen LogP contribution >= 0.6 is 0 Å². The molecule has 19 heavy (non-hydrogen) atoms. The van der Waals surface area contributed by atoms with Gasteiger partial charge >= 0.3 is 5.97 Å². The lowest BCUT2D eigenvalue weighted by Gasteiger charge is -2.19. The molecule has 104 valence electrons. The summed E-state index contributed by atoms with van der Waals surface area (Å²) in [5.74, 6) is -0.181. The second-order valence-corrected chi connectivity index (χ2v) is 4.62. The number of aryl methyl sites for hydroxylation is 1. The van der Waals surface area contributed by atoms with E-state index in [0.717, 1.165) is 11.4 Å². The summed E-state index contributed by atoms with van der Waals surface area (Å²) in [6.07, 6.45) is 1.39. The zero-order chi connectivity index (χ0) is 14.0. The van der Waals surface area contributed by atoms with Gasteiger partial charge in [0.2, 0.25) is 0 Å². The molecule has 6 heteroatoms. The van der Waals surface area contributed by atoms with Gasteiger partial charge in [-0.15, -0.1) is 0 Å². The van der Waals surface area contributed by atoms with E-state index in [0.29, 0.717) is 13.1 Å². The molecular formula is C13H18N2O4. The number of carboxylic acid groups (broad SMARTS) is 1. The normalized spacial score (nSPS) is 22.8. The Morgan fingerprint density at radius 3 is 2.37 bits per heavy atom. The third kappa shape index (κ3) is 2.69. The van der Waals surface area contributed by atoms with Crippen LogP contribution in [0.2, 0.25) is 0 Å². The second-order valence-electron chi connectivity index (χ2n) is 4.62. The van der Waals surface area contributed by atoms with Crippen molar-refractivity contribution in [1.82, 2.24) is 4.98 Å². The Labute approximate surface area is 112 Å². The van der Waals surface area contributed by atoms with Crippen LogP contribution in [0.25, 0.3) is 0 Å². The third-order valence-electron chi connectivity index (χ3n) is 3.42. The first-order valence-electron chi connectivity index (χ1n) is 6.07. The largest absolute Gasteiger partial charge is 0.478 e. The van der Waals surface area contributed by atoms with E-state index in [4.69, 9.17) is 14.6 Å². The van der Waals surface area contributed by atoms with E-state index in [9.17, 15) is 4.79 Å². The van der Waals surface area contributed by atoms with Crippen LogP contribution in [0.4, 0.5) is 5.82 Å². The number of aromatic nitrogens is 1. The lowest BCUT2D eigenvalue weighted by atomic mass is 10.2. The number of hydrogen-bond acceptors (Lipinski definition) is 5. The van der Waals surface area contributed by atoms with Gasteiger partial charge in [-0.25, -0.2) is 9.78 Å². The molecule has 0 aliphatic carbocycles. The van der Waals surface area contributed by atoms with Crippen molar-refractivity contribution in [2.75, 3.05) is 32.2 Å². The molecule has 0 bridgehead atoms. The minimum Gasteiger partial charge on any atom is -0.478 e. The molecule has 2 atom stereocenters. The molecule has 1 aromatic rings. The Morgan fingerprint density at radius 1 is 1.37 bits per heavy atom. The summed E-state index contributed by atoms with van der Waals surface area (Å²) in [5.41, 5.74) is 1.04. The first-order valence-corrected chi connectivity index (χ1v) is 6.07. The molecule has 0 spiro atoms. The smallest absolute Gasteiger partial charge is 0.337 e. The highest BCUT2D eigenvalue weighted by Crippen LogP contribution is 2.25.